The van der Waals surface area contributed by atoms with Crippen LogP contribution in [0.15, 0.2) is 11.8 Å². The Balaban J connectivity index is 2.81. The van der Waals surface area contributed by atoms with Gasteiger partial charge in [-0.25, -0.2) is 0 Å². The topological polar surface area (TPSA) is 26.3 Å². The van der Waals surface area contributed by atoms with Gasteiger partial charge in [0, 0.05) is 6.08 Å². The highest BCUT2D eigenvalue weighted by Gasteiger charge is 2.30. The molecule has 0 aromatic heterocycles. The smallest absolute Gasteiger partial charge is 0.165 e. The SMILES string of the molecule is CC1=CC(=O)[C@H](C)[C@@H](C(C)C)O1. The van der Waals surface area contributed by atoms with Crippen molar-refractivity contribution in [1.82, 2.24) is 0 Å². The number of allylic oxidation sites excluding steroid dienone is 2. The van der Waals surface area contributed by atoms with E-state index in [0.29, 0.717) is 5.92 Å². The summed E-state index contributed by atoms with van der Waals surface area (Å²) < 4.78 is 5.57. The number of ether oxygens (including phenoxy) is 1. The molecule has 1 aliphatic rings. The molecule has 0 spiro atoms. The van der Waals surface area contributed by atoms with E-state index in [9.17, 15) is 4.79 Å². The van der Waals surface area contributed by atoms with E-state index in [1.165, 1.54) is 0 Å². The summed E-state index contributed by atoms with van der Waals surface area (Å²) in [7, 11) is 0. The van der Waals surface area contributed by atoms with Crippen LogP contribution in [0.1, 0.15) is 27.7 Å². The molecule has 0 fully saturated rings. The van der Waals surface area contributed by atoms with Crippen molar-refractivity contribution in [3.63, 3.8) is 0 Å². The summed E-state index contributed by atoms with van der Waals surface area (Å²) in [5, 5.41) is 0. The molecule has 2 atom stereocenters. The molecule has 0 N–H and O–H groups in total. The first-order valence-corrected chi connectivity index (χ1v) is 4.41. The second kappa shape index (κ2) is 3.30. The van der Waals surface area contributed by atoms with Crippen molar-refractivity contribution in [3.05, 3.63) is 11.8 Å². The fourth-order valence-corrected chi connectivity index (χ4v) is 1.56. The van der Waals surface area contributed by atoms with E-state index in [2.05, 4.69) is 13.8 Å². The molecule has 2 nitrogen and oxygen atoms in total. The largest absolute Gasteiger partial charge is 0.494 e. The van der Waals surface area contributed by atoms with Crippen LogP contribution in [0.2, 0.25) is 0 Å². The summed E-state index contributed by atoms with van der Waals surface area (Å²) in [6.45, 7) is 7.91. The molecule has 68 valence electrons. The predicted octanol–water partition coefficient (Wildman–Crippen LogP) is 2.15. The highest BCUT2D eigenvalue weighted by Crippen LogP contribution is 2.25. The summed E-state index contributed by atoms with van der Waals surface area (Å²) >= 11 is 0. The molecule has 0 amide bonds. The minimum absolute atomic E-state index is 0.00806. The van der Waals surface area contributed by atoms with Crippen LogP contribution in [-0.4, -0.2) is 11.9 Å². The van der Waals surface area contributed by atoms with Crippen LogP contribution in [0.25, 0.3) is 0 Å². The summed E-state index contributed by atoms with van der Waals surface area (Å²) in [5.74, 6) is 1.34. The van der Waals surface area contributed by atoms with Crippen LogP contribution in [0.3, 0.4) is 0 Å². The Morgan fingerprint density at radius 1 is 1.50 bits per heavy atom. The zero-order valence-electron chi connectivity index (χ0n) is 8.13. The highest BCUT2D eigenvalue weighted by atomic mass is 16.5. The number of carbonyl (C=O) groups is 1. The molecule has 1 aliphatic heterocycles. The molecule has 0 saturated heterocycles. The van der Waals surface area contributed by atoms with Gasteiger partial charge >= 0.3 is 0 Å². The van der Waals surface area contributed by atoms with Crippen LogP contribution in [0.4, 0.5) is 0 Å². The molecule has 1 heterocycles. The van der Waals surface area contributed by atoms with Crippen molar-refractivity contribution >= 4 is 5.78 Å². The summed E-state index contributed by atoms with van der Waals surface area (Å²) in [5.41, 5.74) is 0. The molecule has 0 aliphatic carbocycles. The first kappa shape index (κ1) is 9.30. The Morgan fingerprint density at radius 3 is 2.58 bits per heavy atom. The lowest BCUT2D eigenvalue weighted by Crippen LogP contribution is -2.35. The van der Waals surface area contributed by atoms with Crippen molar-refractivity contribution < 1.29 is 9.53 Å². The average Bonchev–Trinajstić information content (AvgIpc) is 1.96. The van der Waals surface area contributed by atoms with Crippen LogP contribution < -0.4 is 0 Å². The predicted molar refractivity (Wildman–Crippen MR) is 47.6 cm³/mol. The molecular weight excluding hydrogens is 152 g/mol. The van der Waals surface area contributed by atoms with Crippen molar-refractivity contribution in [1.29, 1.82) is 0 Å². The fourth-order valence-electron chi connectivity index (χ4n) is 1.56. The van der Waals surface area contributed by atoms with Gasteiger partial charge in [-0.1, -0.05) is 20.8 Å². The zero-order valence-corrected chi connectivity index (χ0v) is 8.13. The molecule has 0 radical (unpaired) electrons. The summed E-state index contributed by atoms with van der Waals surface area (Å²) in [4.78, 5) is 11.4. The molecule has 12 heavy (non-hydrogen) atoms. The van der Waals surface area contributed by atoms with E-state index in [1.54, 1.807) is 6.08 Å². The molecule has 2 heteroatoms. The Kier molecular flexibility index (Phi) is 2.55. The van der Waals surface area contributed by atoms with E-state index < -0.39 is 0 Å². The van der Waals surface area contributed by atoms with E-state index in [0.717, 1.165) is 5.76 Å². The van der Waals surface area contributed by atoms with Crippen LogP contribution in [-0.2, 0) is 9.53 Å². The van der Waals surface area contributed by atoms with Gasteiger partial charge in [0.1, 0.15) is 6.10 Å². The third-order valence-electron chi connectivity index (χ3n) is 2.27. The van der Waals surface area contributed by atoms with Gasteiger partial charge in [0.2, 0.25) is 0 Å². The number of hydrogen-bond donors (Lipinski definition) is 0. The first-order valence-electron chi connectivity index (χ1n) is 4.41. The van der Waals surface area contributed by atoms with Gasteiger partial charge in [-0.05, 0) is 12.8 Å². The van der Waals surface area contributed by atoms with Crippen molar-refractivity contribution in [3.8, 4) is 0 Å². The Hall–Kier alpha value is -0.790. The van der Waals surface area contributed by atoms with Gasteiger partial charge in [0.25, 0.3) is 0 Å². The van der Waals surface area contributed by atoms with E-state index in [1.807, 2.05) is 13.8 Å². The van der Waals surface area contributed by atoms with Gasteiger partial charge in [-0.2, -0.15) is 0 Å². The van der Waals surface area contributed by atoms with Gasteiger partial charge < -0.3 is 4.74 Å². The van der Waals surface area contributed by atoms with Crippen LogP contribution in [0.5, 0.6) is 0 Å². The van der Waals surface area contributed by atoms with E-state index >= 15 is 0 Å². The van der Waals surface area contributed by atoms with Crippen LogP contribution in [0, 0.1) is 11.8 Å². The van der Waals surface area contributed by atoms with Crippen molar-refractivity contribution in [2.24, 2.45) is 11.8 Å². The lowest BCUT2D eigenvalue weighted by Gasteiger charge is -2.30. The number of hydrogen-bond acceptors (Lipinski definition) is 2. The van der Waals surface area contributed by atoms with E-state index in [4.69, 9.17) is 4.74 Å². The minimum Gasteiger partial charge on any atom is -0.494 e. The van der Waals surface area contributed by atoms with Gasteiger partial charge in [0.15, 0.2) is 5.78 Å². The minimum atomic E-state index is 0.00806. The molecule has 0 aromatic rings. The number of carbonyl (C=O) groups excluding carboxylic acids is 1. The highest BCUT2D eigenvalue weighted by molar-refractivity contribution is 5.92. The number of rotatable bonds is 1. The summed E-state index contributed by atoms with van der Waals surface area (Å²) in [6, 6.07) is 0. The van der Waals surface area contributed by atoms with Gasteiger partial charge in [-0.3, -0.25) is 4.79 Å². The molecule has 1 rings (SSSR count). The molecule has 0 bridgehead atoms. The van der Waals surface area contributed by atoms with E-state index in [-0.39, 0.29) is 17.8 Å². The maximum absolute atomic E-state index is 11.4. The first-order chi connectivity index (χ1) is 5.52. The van der Waals surface area contributed by atoms with Crippen molar-refractivity contribution in [2.45, 2.75) is 33.8 Å². The maximum Gasteiger partial charge on any atom is 0.165 e. The third kappa shape index (κ3) is 1.68. The quantitative estimate of drug-likeness (QED) is 0.599. The average molecular weight is 168 g/mol. The normalized spacial score (nSPS) is 30.1. The lowest BCUT2D eigenvalue weighted by atomic mass is 9.89. The summed E-state index contributed by atoms with van der Waals surface area (Å²) in [6.07, 6.45) is 1.64. The van der Waals surface area contributed by atoms with Crippen LogP contribution >= 0.6 is 0 Å². The van der Waals surface area contributed by atoms with Crippen molar-refractivity contribution in [2.75, 3.05) is 0 Å². The lowest BCUT2D eigenvalue weighted by molar-refractivity contribution is -0.125. The Labute approximate surface area is 73.6 Å². The Bertz CT molecular complexity index is 216. The third-order valence-corrected chi connectivity index (χ3v) is 2.27. The molecule has 0 saturated carbocycles. The van der Waals surface area contributed by atoms with Gasteiger partial charge in [0.05, 0.1) is 11.7 Å². The fraction of sp³-hybridized carbons (Fsp3) is 0.700. The standard InChI is InChI=1S/C10H16O2/c1-6(2)10-8(4)9(11)5-7(3)12-10/h5-6,8,10H,1-4H3/t8-,10+/m0/s1. The monoisotopic (exact) mass is 168 g/mol. The second-order valence-electron chi connectivity index (χ2n) is 3.77. The maximum atomic E-state index is 11.4. The molecular formula is C10H16O2. The van der Waals surface area contributed by atoms with Gasteiger partial charge in [-0.15, -0.1) is 0 Å². The molecule has 0 aromatic carbocycles. The Morgan fingerprint density at radius 2 is 2.08 bits per heavy atom. The second-order valence-corrected chi connectivity index (χ2v) is 3.77. The molecule has 0 unspecified atom stereocenters. The zero-order chi connectivity index (χ0) is 9.30. The number of ketones is 1.